The third kappa shape index (κ3) is 5.19. The molecule has 0 unspecified atom stereocenters. The van der Waals surface area contributed by atoms with Crippen LogP contribution in [0.5, 0.6) is 11.5 Å². The molecular formula is C23H30N2O5S. The summed E-state index contributed by atoms with van der Waals surface area (Å²) in [6, 6.07) is 10.4. The lowest BCUT2D eigenvalue weighted by molar-refractivity contribution is -0.120. The molecule has 1 aliphatic heterocycles. The molecule has 7 nitrogen and oxygen atoms in total. The summed E-state index contributed by atoms with van der Waals surface area (Å²) in [6.07, 6.45) is 1.26. The summed E-state index contributed by atoms with van der Waals surface area (Å²) >= 11 is 0. The van der Waals surface area contributed by atoms with E-state index in [2.05, 4.69) is 5.32 Å². The Morgan fingerprint density at radius 3 is 2.58 bits per heavy atom. The van der Waals surface area contributed by atoms with Crippen molar-refractivity contribution >= 4 is 21.6 Å². The van der Waals surface area contributed by atoms with Crippen molar-refractivity contribution in [2.75, 3.05) is 32.1 Å². The molecule has 1 heterocycles. The normalized spacial score (nSPS) is 17.2. The van der Waals surface area contributed by atoms with E-state index in [0.29, 0.717) is 43.2 Å². The van der Waals surface area contributed by atoms with E-state index in [1.807, 2.05) is 32.9 Å². The molecule has 1 saturated heterocycles. The summed E-state index contributed by atoms with van der Waals surface area (Å²) in [4.78, 5) is 13.1. The van der Waals surface area contributed by atoms with Crippen LogP contribution in [0.1, 0.15) is 30.9 Å². The maximum Gasteiger partial charge on any atom is 0.243 e. The highest BCUT2D eigenvalue weighted by molar-refractivity contribution is 7.89. The lowest BCUT2D eigenvalue weighted by Gasteiger charge is -2.31. The lowest BCUT2D eigenvalue weighted by atomic mass is 9.98. The number of nitrogens with zero attached hydrogens (tertiary/aromatic N) is 1. The number of ether oxygens (including phenoxy) is 2. The Hall–Kier alpha value is -2.58. The van der Waals surface area contributed by atoms with Gasteiger partial charge in [0.2, 0.25) is 15.9 Å². The molecule has 168 valence electrons. The lowest BCUT2D eigenvalue weighted by Crippen LogP contribution is -2.43. The number of carbonyl (C=O) groups is 1. The maximum atomic E-state index is 13.2. The van der Waals surface area contributed by atoms with Crippen LogP contribution < -0.4 is 14.8 Å². The monoisotopic (exact) mass is 446 g/mol. The molecule has 0 saturated carbocycles. The number of carbonyl (C=O) groups excluding carboxylic acids is 1. The molecule has 1 amide bonds. The molecule has 0 aliphatic carbocycles. The Labute approximate surface area is 184 Å². The molecular weight excluding hydrogens is 416 g/mol. The number of aryl methyl sites for hydroxylation is 2. The first-order chi connectivity index (χ1) is 14.8. The van der Waals surface area contributed by atoms with E-state index < -0.39 is 15.9 Å². The Balaban J connectivity index is 1.76. The zero-order chi connectivity index (χ0) is 22.6. The van der Waals surface area contributed by atoms with Gasteiger partial charge in [-0.1, -0.05) is 6.07 Å². The minimum absolute atomic E-state index is 0.147. The number of amides is 1. The highest BCUT2D eigenvalue weighted by atomic mass is 32.2. The van der Waals surface area contributed by atoms with Crippen molar-refractivity contribution in [3.63, 3.8) is 0 Å². The van der Waals surface area contributed by atoms with E-state index in [1.165, 1.54) is 4.31 Å². The largest absolute Gasteiger partial charge is 0.495 e. The number of nitrogens with one attached hydrogen (secondary N) is 1. The van der Waals surface area contributed by atoms with Gasteiger partial charge in [0.15, 0.2) is 0 Å². The van der Waals surface area contributed by atoms with Gasteiger partial charge in [0, 0.05) is 13.1 Å². The average molecular weight is 447 g/mol. The standard InChI is InChI=1S/C23H30N2O5S/c1-5-30-21-11-9-19(14-17(21)3)31(27,28)25-12-6-7-18(15-25)23(26)24-20-13-16(2)8-10-22(20)29-4/h8-11,13-14,18H,5-7,12,15H2,1-4H3,(H,24,26)/t18-/m1/s1. The minimum atomic E-state index is -3.70. The summed E-state index contributed by atoms with van der Waals surface area (Å²) in [5.41, 5.74) is 2.35. The van der Waals surface area contributed by atoms with Crippen molar-refractivity contribution in [2.45, 2.75) is 38.5 Å². The van der Waals surface area contributed by atoms with E-state index >= 15 is 0 Å². The minimum Gasteiger partial charge on any atom is -0.495 e. The van der Waals surface area contributed by atoms with Gasteiger partial charge < -0.3 is 14.8 Å². The van der Waals surface area contributed by atoms with Crippen LogP contribution in [-0.4, -0.2) is 45.4 Å². The number of sulfonamides is 1. The summed E-state index contributed by atoms with van der Waals surface area (Å²) in [6.45, 7) is 6.70. The summed E-state index contributed by atoms with van der Waals surface area (Å²) in [5, 5.41) is 2.91. The zero-order valence-electron chi connectivity index (χ0n) is 18.5. The van der Waals surface area contributed by atoms with E-state index in [4.69, 9.17) is 9.47 Å². The van der Waals surface area contributed by atoms with Crippen molar-refractivity contribution in [2.24, 2.45) is 5.92 Å². The van der Waals surface area contributed by atoms with Crippen molar-refractivity contribution in [1.82, 2.24) is 4.31 Å². The molecule has 0 aromatic heterocycles. The quantitative estimate of drug-likeness (QED) is 0.700. The molecule has 31 heavy (non-hydrogen) atoms. The molecule has 1 atom stereocenters. The number of benzene rings is 2. The SMILES string of the molecule is CCOc1ccc(S(=O)(=O)N2CCC[C@@H](C(=O)Nc3cc(C)ccc3OC)C2)cc1C. The number of anilines is 1. The molecule has 0 radical (unpaired) electrons. The Morgan fingerprint density at radius 2 is 1.90 bits per heavy atom. The second-order valence-corrected chi connectivity index (χ2v) is 9.69. The van der Waals surface area contributed by atoms with Crippen LogP contribution >= 0.6 is 0 Å². The highest BCUT2D eigenvalue weighted by Crippen LogP contribution is 2.30. The third-order valence-corrected chi connectivity index (χ3v) is 7.31. The van der Waals surface area contributed by atoms with Gasteiger partial charge in [-0.05, 0) is 75.1 Å². The zero-order valence-corrected chi connectivity index (χ0v) is 19.3. The van der Waals surface area contributed by atoms with Gasteiger partial charge >= 0.3 is 0 Å². The van der Waals surface area contributed by atoms with Crippen LogP contribution in [0.25, 0.3) is 0 Å². The average Bonchev–Trinajstić information content (AvgIpc) is 2.75. The number of methoxy groups -OCH3 is 1. The fraction of sp³-hybridized carbons (Fsp3) is 0.435. The Bertz CT molecular complexity index is 1050. The predicted octanol–water partition coefficient (Wildman–Crippen LogP) is 3.75. The summed E-state index contributed by atoms with van der Waals surface area (Å²) in [5.74, 6) is 0.609. The molecule has 8 heteroatoms. The summed E-state index contributed by atoms with van der Waals surface area (Å²) in [7, 11) is -2.15. The first-order valence-corrected chi connectivity index (χ1v) is 11.9. The third-order valence-electron chi connectivity index (χ3n) is 5.45. The molecule has 2 aromatic rings. The highest BCUT2D eigenvalue weighted by Gasteiger charge is 2.33. The van der Waals surface area contributed by atoms with Crippen molar-refractivity contribution < 1.29 is 22.7 Å². The van der Waals surface area contributed by atoms with E-state index in [0.717, 1.165) is 11.1 Å². The van der Waals surface area contributed by atoms with Crippen LogP contribution in [0.15, 0.2) is 41.3 Å². The predicted molar refractivity (Wildman–Crippen MR) is 120 cm³/mol. The van der Waals surface area contributed by atoms with Gasteiger partial charge in [-0.25, -0.2) is 8.42 Å². The van der Waals surface area contributed by atoms with Gasteiger partial charge in [0.1, 0.15) is 11.5 Å². The molecule has 0 bridgehead atoms. The van der Waals surface area contributed by atoms with Gasteiger partial charge in [-0.15, -0.1) is 0 Å². The molecule has 0 spiro atoms. The number of piperidine rings is 1. The van der Waals surface area contributed by atoms with Crippen LogP contribution in [0.2, 0.25) is 0 Å². The number of hydrogen-bond donors (Lipinski definition) is 1. The molecule has 1 aliphatic rings. The van der Waals surface area contributed by atoms with E-state index in [-0.39, 0.29) is 17.3 Å². The van der Waals surface area contributed by atoms with E-state index in [1.54, 1.807) is 31.4 Å². The van der Waals surface area contributed by atoms with Crippen LogP contribution in [-0.2, 0) is 14.8 Å². The molecule has 1 fully saturated rings. The van der Waals surface area contributed by atoms with Gasteiger partial charge in [-0.3, -0.25) is 4.79 Å². The number of hydrogen-bond acceptors (Lipinski definition) is 5. The van der Waals surface area contributed by atoms with Crippen LogP contribution in [0.4, 0.5) is 5.69 Å². The molecule has 3 rings (SSSR count). The smallest absolute Gasteiger partial charge is 0.243 e. The first-order valence-electron chi connectivity index (χ1n) is 10.5. The number of rotatable bonds is 7. The molecule has 1 N–H and O–H groups in total. The maximum absolute atomic E-state index is 13.2. The topological polar surface area (TPSA) is 84.9 Å². The van der Waals surface area contributed by atoms with Gasteiger partial charge in [0.25, 0.3) is 0 Å². The van der Waals surface area contributed by atoms with E-state index in [9.17, 15) is 13.2 Å². The fourth-order valence-electron chi connectivity index (χ4n) is 3.78. The second-order valence-electron chi connectivity index (χ2n) is 7.76. The Morgan fingerprint density at radius 1 is 1.16 bits per heavy atom. The first kappa shape index (κ1) is 23.1. The van der Waals surface area contributed by atoms with Gasteiger partial charge in [0.05, 0.1) is 30.2 Å². The van der Waals surface area contributed by atoms with Gasteiger partial charge in [-0.2, -0.15) is 4.31 Å². The van der Waals surface area contributed by atoms with Crippen LogP contribution in [0, 0.1) is 19.8 Å². The van der Waals surface area contributed by atoms with Crippen molar-refractivity contribution in [3.05, 3.63) is 47.5 Å². The van der Waals surface area contributed by atoms with Crippen LogP contribution in [0.3, 0.4) is 0 Å². The fourth-order valence-corrected chi connectivity index (χ4v) is 5.39. The second kappa shape index (κ2) is 9.70. The van der Waals surface area contributed by atoms with Crippen molar-refractivity contribution in [3.8, 4) is 11.5 Å². The Kier molecular flexibility index (Phi) is 7.23. The molecule has 2 aromatic carbocycles. The van der Waals surface area contributed by atoms with Crippen molar-refractivity contribution in [1.29, 1.82) is 0 Å². The summed E-state index contributed by atoms with van der Waals surface area (Å²) < 4.78 is 38.7.